The molecule has 0 aliphatic heterocycles. The largest absolute Gasteiger partial charge is 0.309 e. The van der Waals surface area contributed by atoms with Crippen molar-refractivity contribution in [3.8, 4) is 33.9 Å². The lowest BCUT2D eigenvalue weighted by molar-refractivity contribution is 1.13. The Kier molecular flexibility index (Phi) is 7.36. The van der Waals surface area contributed by atoms with Gasteiger partial charge < -0.3 is 18.3 Å². The van der Waals surface area contributed by atoms with Crippen LogP contribution >= 0.6 is 0 Å². The van der Waals surface area contributed by atoms with E-state index in [1.54, 1.807) is 0 Å². The van der Waals surface area contributed by atoms with Crippen LogP contribution in [-0.4, -0.2) is 18.3 Å². The van der Waals surface area contributed by atoms with Crippen LogP contribution in [0.1, 0.15) is 0 Å². The van der Waals surface area contributed by atoms with Crippen molar-refractivity contribution < 1.29 is 0 Å². The Morgan fingerprint density at radius 2 is 0.500 bits per heavy atom. The summed E-state index contributed by atoms with van der Waals surface area (Å²) in [7, 11) is 0. The van der Waals surface area contributed by atoms with Crippen LogP contribution in [-0.2, 0) is 0 Å². The molecule has 4 heteroatoms. The molecule has 14 aromatic rings. The summed E-state index contributed by atoms with van der Waals surface area (Å²) in [6.45, 7) is 0. The molecule has 0 bridgehead atoms. The van der Waals surface area contributed by atoms with Crippen molar-refractivity contribution in [3.63, 3.8) is 0 Å². The third kappa shape index (κ3) is 4.88. The summed E-state index contributed by atoms with van der Waals surface area (Å²) in [6.07, 6.45) is 0. The fourth-order valence-corrected chi connectivity index (χ4v) is 10.9. The Hall–Kier alpha value is -8.60. The van der Waals surface area contributed by atoms with Gasteiger partial charge in [0.2, 0.25) is 0 Å². The molecule has 4 heterocycles. The minimum absolute atomic E-state index is 1.12. The number of rotatable bonds is 5. The van der Waals surface area contributed by atoms with Crippen LogP contribution < -0.4 is 0 Å². The molecule has 0 aliphatic carbocycles. The Balaban J connectivity index is 1.00. The highest BCUT2D eigenvalue weighted by molar-refractivity contribution is 6.14. The molecule has 10 aromatic carbocycles. The van der Waals surface area contributed by atoms with E-state index in [1.165, 1.54) is 92.8 Å². The minimum Gasteiger partial charge on any atom is -0.309 e. The van der Waals surface area contributed by atoms with Crippen molar-refractivity contribution in [1.82, 2.24) is 18.3 Å². The van der Waals surface area contributed by atoms with E-state index in [2.05, 4.69) is 249 Å². The van der Waals surface area contributed by atoms with Crippen LogP contribution in [0.4, 0.5) is 0 Å². The molecule has 0 saturated heterocycles. The van der Waals surface area contributed by atoms with E-state index in [9.17, 15) is 0 Å². The molecule has 0 unspecified atom stereocenters. The molecule has 0 aliphatic rings. The lowest BCUT2D eigenvalue weighted by Crippen LogP contribution is -2.04. The second-order valence-electron chi connectivity index (χ2n) is 16.9. The summed E-state index contributed by atoms with van der Waals surface area (Å²) in [5.41, 5.74) is 16.4. The van der Waals surface area contributed by atoms with Gasteiger partial charge in [-0.25, -0.2) is 0 Å². The molecular formula is C60H38N4. The summed E-state index contributed by atoms with van der Waals surface area (Å²) < 4.78 is 9.77. The molecule has 0 spiro atoms. The molecule has 0 saturated carbocycles. The van der Waals surface area contributed by atoms with E-state index in [0.717, 1.165) is 28.3 Å². The van der Waals surface area contributed by atoms with Crippen LogP contribution in [0.3, 0.4) is 0 Å². The zero-order valence-corrected chi connectivity index (χ0v) is 34.7. The van der Waals surface area contributed by atoms with Gasteiger partial charge in [0.15, 0.2) is 0 Å². The van der Waals surface area contributed by atoms with Gasteiger partial charge in [0.25, 0.3) is 0 Å². The van der Waals surface area contributed by atoms with Gasteiger partial charge in [-0.3, -0.25) is 0 Å². The molecule has 0 amide bonds. The second-order valence-corrected chi connectivity index (χ2v) is 16.9. The molecule has 4 aromatic heterocycles. The summed E-state index contributed by atoms with van der Waals surface area (Å²) in [6, 6.07) is 84.5. The first kappa shape index (κ1) is 35.0. The highest BCUT2D eigenvalue weighted by Gasteiger charge is 2.22. The summed E-state index contributed by atoms with van der Waals surface area (Å²) in [4.78, 5) is 0. The molecule has 0 N–H and O–H groups in total. The number of para-hydroxylation sites is 7. The topological polar surface area (TPSA) is 19.7 Å². The van der Waals surface area contributed by atoms with E-state index >= 15 is 0 Å². The van der Waals surface area contributed by atoms with Gasteiger partial charge in [0.1, 0.15) is 0 Å². The zero-order chi connectivity index (χ0) is 41.9. The molecule has 0 radical (unpaired) electrons. The number of benzene rings is 10. The third-order valence-corrected chi connectivity index (χ3v) is 13.6. The van der Waals surface area contributed by atoms with Crippen molar-refractivity contribution in [2.24, 2.45) is 0 Å². The van der Waals surface area contributed by atoms with Crippen molar-refractivity contribution in [1.29, 1.82) is 0 Å². The van der Waals surface area contributed by atoms with Crippen molar-refractivity contribution in [3.05, 3.63) is 231 Å². The fraction of sp³-hybridized carbons (Fsp3) is 0. The van der Waals surface area contributed by atoms with Crippen LogP contribution in [0.25, 0.3) is 121 Å². The second kappa shape index (κ2) is 13.4. The molecule has 0 fully saturated rings. The average molecular weight is 815 g/mol. The van der Waals surface area contributed by atoms with Crippen molar-refractivity contribution in [2.75, 3.05) is 0 Å². The Labute approximate surface area is 368 Å². The number of aromatic nitrogens is 4. The van der Waals surface area contributed by atoms with Gasteiger partial charge in [-0.1, -0.05) is 146 Å². The molecule has 298 valence electrons. The first-order valence-electron chi connectivity index (χ1n) is 22.0. The molecule has 0 atom stereocenters. The van der Waals surface area contributed by atoms with Crippen LogP contribution in [0, 0.1) is 0 Å². The number of fused-ring (bicyclic) bond motifs is 12. The first-order valence-corrected chi connectivity index (χ1v) is 22.0. The summed E-state index contributed by atoms with van der Waals surface area (Å²) in [5, 5.41) is 9.97. The van der Waals surface area contributed by atoms with Gasteiger partial charge in [-0.15, -0.1) is 0 Å². The van der Waals surface area contributed by atoms with Gasteiger partial charge >= 0.3 is 0 Å². The number of nitrogens with zero attached hydrogens (tertiary/aromatic N) is 4. The lowest BCUT2D eigenvalue weighted by atomic mass is 9.99. The molecule has 64 heavy (non-hydrogen) atoms. The van der Waals surface area contributed by atoms with E-state index in [1.807, 2.05) is 0 Å². The Morgan fingerprint density at radius 1 is 0.203 bits per heavy atom. The third-order valence-electron chi connectivity index (χ3n) is 13.6. The number of hydrogen-bond acceptors (Lipinski definition) is 0. The molecular weight excluding hydrogens is 777 g/mol. The van der Waals surface area contributed by atoms with Crippen LogP contribution in [0.2, 0.25) is 0 Å². The zero-order valence-electron chi connectivity index (χ0n) is 34.7. The maximum Gasteiger partial charge on any atom is 0.0561 e. The summed E-state index contributed by atoms with van der Waals surface area (Å²) in [5.74, 6) is 0. The van der Waals surface area contributed by atoms with Crippen LogP contribution in [0.5, 0.6) is 0 Å². The Morgan fingerprint density at radius 3 is 0.891 bits per heavy atom. The van der Waals surface area contributed by atoms with E-state index in [0.29, 0.717) is 0 Å². The highest BCUT2D eigenvalue weighted by atomic mass is 15.0. The van der Waals surface area contributed by atoms with Crippen molar-refractivity contribution >= 4 is 87.2 Å². The predicted molar refractivity (Wildman–Crippen MR) is 269 cm³/mol. The SMILES string of the molecule is c1cc(-n2c3ccccc3c3ccccc32)c(-c2ccc(-n3c4ccccc4c4cc(-n5c6ccccc6c6ccccc65)ccc43)cc2)c(-n2c3ccccc3c3ccccc32)c1. The normalized spacial score (nSPS) is 12.1. The smallest absolute Gasteiger partial charge is 0.0561 e. The van der Waals surface area contributed by atoms with Gasteiger partial charge in [-0.2, -0.15) is 0 Å². The standard InChI is InChI=1S/C60H38N4/c1-8-23-50-42(16-1)43-17-2-9-24-51(43)62(50)41-36-37-57-49(38-41)48-22-7-10-25-52(48)61(57)40-34-32-39(33-35-40)60-58(63-53-26-11-3-18-44(53)45-19-4-12-27-54(45)63)30-15-31-59(60)64-55-28-13-5-20-46(55)47-21-6-14-29-56(47)64/h1-38H. The number of hydrogen-bond donors (Lipinski definition) is 0. The fourth-order valence-electron chi connectivity index (χ4n) is 10.9. The summed E-state index contributed by atoms with van der Waals surface area (Å²) >= 11 is 0. The highest BCUT2D eigenvalue weighted by Crippen LogP contribution is 2.43. The average Bonchev–Trinajstić information content (AvgIpc) is 4.09. The molecule has 4 nitrogen and oxygen atoms in total. The van der Waals surface area contributed by atoms with Crippen molar-refractivity contribution in [2.45, 2.75) is 0 Å². The maximum absolute atomic E-state index is 2.47. The van der Waals surface area contributed by atoms with E-state index < -0.39 is 0 Å². The van der Waals surface area contributed by atoms with E-state index in [-0.39, 0.29) is 0 Å². The maximum atomic E-state index is 2.47. The van der Waals surface area contributed by atoms with Gasteiger partial charge in [0.05, 0.1) is 55.5 Å². The first-order chi connectivity index (χ1) is 31.8. The lowest BCUT2D eigenvalue weighted by Gasteiger charge is -2.20. The quantitative estimate of drug-likeness (QED) is 0.165. The monoisotopic (exact) mass is 814 g/mol. The van der Waals surface area contributed by atoms with Crippen LogP contribution in [0.15, 0.2) is 231 Å². The Bertz CT molecular complexity index is 3900. The van der Waals surface area contributed by atoms with Gasteiger partial charge in [-0.05, 0) is 90.5 Å². The minimum atomic E-state index is 1.12. The molecule has 14 rings (SSSR count). The van der Waals surface area contributed by atoms with E-state index in [4.69, 9.17) is 0 Å². The predicted octanol–water partition coefficient (Wildman–Crippen LogP) is 15.7. The van der Waals surface area contributed by atoms with Gasteiger partial charge in [0, 0.05) is 60.0 Å².